The third-order valence-electron chi connectivity index (χ3n) is 2.31. The van der Waals surface area contributed by atoms with Gasteiger partial charge in [0.15, 0.2) is 0 Å². The first-order valence-electron chi connectivity index (χ1n) is 5.44. The summed E-state index contributed by atoms with van der Waals surface area (Å²) in [6, 6.07) is 10.2. The van der Waals surface area contributed by atoms with E-state index in [0.717, 1.165) is 30.8 Å². The summed E-state index contributed by atoms with van der Waals surface area (Å²) < 4.78 is 10.8. The molecule has 3 heteroatoms. The Morgan fingerprint density at radius 3 is 2.69 bits per heavy atom. The molecule has 0 radical (unpaired) electrons. The van der Waals surface area contributed by atoms with E-state index >= 15 is 0 Å². The lowest BCUT2D eigenvalue weighted by Gasteiger charge is -2.07. The molecule has 1 rings (SSSR count). The van der Waals surface area contributed by atoms with Crippen LogP contribution in [0, 0.1) is 0 Å². The summed E-state index contributed by atoms with van der Waals surface area (Å²) >= 11 is 0. The molecule has 16 heavy (non-hydrogen) atoms. The van der Waals surface area contributed by atoms with Crippen LogP contribution >= 0.6 is 0 Å². The van der Waals surface area contributed by atoms with Crippen molar-refractivity contribution in [2.24, 2.45) is 0 Å². The maximum Gasteiger partial charge on any atom is 0.0244 e. The Hall–Kier alpha value is -0.930. The van der Waals surface area contributed by atoms with E-state index in [1.54, 1.807) is 6.26 Å². The van der Waals surface area contributed by atoms with Gasteiger partial charge in [0, 0.05) is 29.4 Å². The molecule has 1 aromatic carbocycles. The smallest absolute Gasteiger partial charge is 0.0244 e. The highest BCUT2D eigenvalue weighted by Gasteiger charge is 1.97. The van der Waals surface area contributed by atoms with E-state index in [1.807, 2.05) is 18.2 Å². The van der Waals surface area contributed by atoms with Gasteiger partial charge in [-0.3, -0.25) is 4.21 Å². The van der Waals surface area contributed by atoms with E-state index in [4.69, 9.17) is 0 Å². The molecule has 0 bridgehead atoms. The van der Waals surface area contributed by atoms with Crippen LogP contribution in [-0.2, 0) is 10.8 Å². The average Bonchev–Trinajstić information content (AvgIpc) is 2.29. The number of nitrogens with one attached hydrogen (secondary N) is 1. The molecule has 0 fully saturated rings. The molecule has 2 nitrogen and oxygen atoms in total. The fourth-order valence-corrected chi connectivity index (χ4v) is 1.97. The molecule has 0 saturated carbocycles. The molecule has 0 aliphatic heterocycles. The normalized spacial score (nSPS) is 12.3. The van der Waals surface area contributed by atoms with E-state index in [0.29, 0.717) is 0 Å². The molecule has 0 heterocycles. The monoisotopic (exact) mass is 237 g/mol. The second kappa shape index (κ2) is 7.36. The number of hydrogen-bond donors (Lipinski definition) is 1. The molecule has 88 valence electrons. The molecule has 0 saturated heterocycles. The van der Waals surface area contributed by atoms with Gasteiger partial charge in [-0.2, -0.15) is 0 Å². The first kappa shape index (κ1) is 13.1. The van der Waals surface area contributed by atoms with Gasteiger partial charge in [0.25, 0.3) is 0 Å². The van der Waals surface area contributed by atoms with Crippen LogP contribution in [0.15, 0.2) is 36.9 Å². The van der Waals surface area contributed by atoms with Gasteiger partial charge in [0.2, 0.25) is 0 Å². The van der Waals surface area contributed by atoms with Crippen LogP contribution in [0.2, 0.25) is 0 Å². The topological polar surface area (TPSA) is 29.1 Å². The summed E-state index contributed by atoms with van der Waals surface area (Å²) in [6.07, 6.45) is 2.69. The van der Waals surface area contributed by atoms with Crippen LogP contribution in [0.4, 0.5) is 0 Å². The summed E-state index contributed by atoms with van der Waals surface area (Å²) in [5.74, 6) is 0.769. The molecule has 0 spiro atoms. The average molecular weight is 237 g/mol. The van der Waals surface area contributed by atoms with E-state index in [9.17, 15) is 4.21 Å². The van der Waals surface area contributed by atoms with Gasteiger partial charge in [-0.15, -0.1) is 0 Å². The molecule has 0 aromatic heterocycles. The molecule has 0 aliphatic rings. The van der Waals surface area contributed by atoms with Crippen molar-refractivity contribution in [1.29, 1.82) is 0 Å². The predicted octanol–water partition coefficient (Wildman–Crippen LogP) is 2.06. The van der Waals surface area contributed by atoms with Gasteiger partial charge in [0.1, 0.15) is 0 Å². The molecule has 0 aliphatic carbocycles. The zero-order valence-corrected chi connectivity index (χ0v) is 10.6. The van der Waals surface area contributed by atoms with Crippen LogP contribution in [0.5, 0.6) is 0 Å². The molecular formula is C13H19NOS. The fraction of sp³-hybridized carbons (Fsp3) is 0.385. The first-order valence-corrected chi connectivity index (χ1v) is 7.17. The van der Waals surface area contributed by atoms with Crippen molar-refractivity contribution in [3.05, 3.63) is 42.5 Å². The molecule has 1 aromatic rings. The highest BCUT2D eigenvalue weighted by atomic mass is 32.2. The van der Waals surface area contributed by atoms with Crippen molar-refractivity contribution < 1.29 is 4.21 Å². The van der Waals surface area contributed by atoms with Gasteiger partial charge in [-0.25, -0.2) is 0 Å². The van der Waals surface area contributed by atoms with E-state index < -0.39 is 10.8 Å². The highest BCUT2D eigenvalue weighted by molar-refractivity contribution is 7.84. The largest absolute Gasteiger partial charge is 0.313 e. The maximum absolute atomic E-state index is 10.8. The number of hydrogen-bond acceptors (Lipinski definition) is 2. The summed E-state index contributed by atoms with van der Waals surface area (Å²) in [4.78, 5) is 0. The lowest BCUT2D eigenvalue weighted by molar-refractivity contribution is 0.678. The summed E-state index contributed by atoms with van der Waals surface area (Å²) in [6.45, 7) is 5.72. The molecule has 0 amide bonds. The van der Waals surface area contributed by atoms with E-state index in [-0.39, 0.29) is 0 Å². The van der Waals surface area contributed by atoms with Crippen molar-refractivity contribution in [3.8, 4) is 0 Å². The van der Waals surface area contributed by atoms with E-state index in [1.165, 1.54) is 5.56 Å². The van der Waals surface area contributed by atoms with Crippen molar-refractivity contribution >= 4 is 16.4 Å². The molecule has 1 N–H and O–H groups in total. The van der Waals surface area contributed by atoms with Crippen molar-refractivity contribution in [2.75, 3.05) is 25.1 Å². The second-order valence-corrected chi connectivity index (χ2v) is 5.33. The Morgan fingerprint density at radius 2 is 2.06 bits per heavy atom. The lowest BCUT2D eigenvalue weighted by atomic mass is 10.1. The van der Waals surface area contributed by atoms with Crippen molar-refractivity contribution in [3.63, 3.8) is 0 Å². The lowest BCUT2D eigenvalue weighted by Crippen LogP contribution is -2.19. The Bertz CT molecular complexity index is 348. The summed E-state index contributed by atoms with van der Waals surface area (Å²) in [7, 11) is -0.678. The molecule has 1 unspecified atom stereocenters. The van der Waals surface area contributed by atoms with E-state index in [2.05, 4.69) is 24.0 Å². The van der Waals surface area contributed by atoms with Gasteiger partial charge >= 0.3 is 0 Å². The van der Waals surface area contributed by atoms with Crippen molar-refractivity contribution in [2.45, 2.75) is 6.42 Å². The van der Waals surface area contributed by atoms with Crippen LogP contribution in [-0.4, -0.2) is 29.3 Å². The fourth-order valence-electron chi connectivity index (χ4n) is 1.42. The van der Waals surface area contributed by atoms with Crippen LogP contribution in [0.25, 0.3) is 5.57 Å². The van der Waals surface area contributed by atoms with Crippen LogP contribution in [0.1, 0.15) is 12.0 Å². The second-order valence-electron chi connectivity index (χ2n) is 3.78. The predicted molar refractivity (Wildman–Crippen MR) is 71.9 cm³/mol. The Morgan fingerprint density at radius 1 is 1.38 bits per heavy atom. The number of benzene rings is 1. The minimum atomic E-state index is -0.678. The zero-order valence-electron chi connectivity index (χ0n) is 9.74. The van der Waals surface area contributed by atoms with Crippen molar-refractivity contribution in [1.82, 2.24) is 5.32 Å². The minimum absolute atomic E-state index is 0.678. The van der Waals surface area contributed by atoms with Gasteiger partial charge < -0.3 is 5.32 Å². The van der Waals surface area contributed by atoms with Gasteiger partial charge in [0.05, 0.1) is 0 Å². The number of rotatable bonds is 7. The Labute approximate surface area is 100 Å². The molecule has 1 atom stereocenters. The SMILES string of the molecule is C=C(CNCCCS(C)=O)c1ccccc1. The quantitative estimate of drug-likeness (QED) is 0.735. The maximum atomic E-state index is 10.8. The highest BCUT2D eigenvalue weighted by Crippen LogP contribution is 2.09. The summed E-state index contributed by atoms with van der Waals surface area (Å²) in [5.41, 5.74) is 2.27. The Balaban J connectivity index is 2.19. The van der Waals surface area contributed by atoms with Gasteiger partial charge in [-0.05, 0) is 24.1 Å². The zero-order chi connectivity index (χ0) is 11.8. The first-order chi connectivity index (χ1) is 7.70. The summed E-state index contributed by atoms with van der Waals surface area (Å²) in [5, 5.41) is 3.31. The Kier molecular flexibility index (Phi) is 6.04. The standard InChI is InChI=1S/C13H19NOS/c1-12(13-7-4-3-5-8-13)11-14-9-6-10-16(2)15/h3-5,7-8,14H,1,6,9-11H2,2H3. The van der Waals surface area contributed by atoms with Crippen LogP contribution < -0.4 is 5.32 Å². The van der Waals surface area contributed by atoms with Crippen LogP contribution in [0.3, 0.4) is 0 Å². The molecular weight excluding hydrogens is 218 g/mol. The minimum Gasteiger partial charge on any atom is -0.313 e. The van der Waals surface area contributed by atoms with Gasteiger partial charge in [-0.1, -0.05) is 36.9 Å². The third-order valence-corrected chi connectivity index (χ3v) is 3.17. The third kappa shape index (κ3) is 5.24.